The molecule has 0 spiro atoms. The Balaban J connectivity index is 2.87. The fourth-order valence-electron chi connectivity index (χ4n) is 1.69. The first-order chi connectivity index (χ1) is 9.79. The Morgan fingerprint density at radius 2 is 2.10 bits per heavy atom. The fourth-order valence-corrected chi connectivity index (χ4v) is 1.69. The first-order valence-electron chi connectivity index (χ1n) is 6.45. The van der Waals surface area contributed by atoms with Crippen LogP contribution < -0.4 is 10.6 Å². The molecule has 4 nitrogen and oxygen atoms in total. The zero-order valence-electron chi connectivity index (χ0n) is 11.7. The van der Waals surface area contributed by atoms with Crippen LogP contribution in [0, 0.1) is 11.3 Å². The van der Waals surface area contributed by atoms with Crippen molar-refractivity contribution in [2.75, 3.05) is 11.9 Å². The van der Waals surface area contributed by atoms with Gasteiger partial charge in [0, 0.05) is 12.2 Å². The minimum Gasteiger partial charge on any atom is -0.374 e. The highest BCUT2D eigenvalue weighted by atomic mass is 19.4. The van der Waals surface area contributed by atoms with E-state index in [1.165, 1.54) is 12.1 Å². The van der Waals surface area contributed by atoms with Crippen molar-refractivity contribution in [3.63, 3.8) is 0 Å². The number of amides is 1. The molecule has 21 heavy (non-hydrogen) atoms. The van der Waals surface area contributed by atoms with E-state index < -0.39 is 23.3 Å². The third kappa shape index (κ3) is 4.67. The van der Waals surface area contributed by atoms with E-state index in [2.05, 4.69) is 10.6 Å². The standard InChI is InChI=1S/C14H16F3N3O/c1-3-6-19-13(21)9(2)20-11-4-5-12(14(15,16)17)10(7-11)8-18/h4-5,7,9,20H,3,6H2,1-2H3,(H,19,21). The molecule has 0 fully saturated rings. The van der Waals surface area contributed by atoms with Crippen molar-refractivity contribution in [2.45, 2.75) is 32.5 Å². The highest BCUT2D eigenvalue weighted by molar-refractivity contribution is 5.84. The first kappa shape index (κ1) is 16.8. The Morgan fingerprint density at radius 3 is 2.62 bits per heavy atom. The average molecular weight is 299 g/mol. The monoisotopic (exact) mass is 299 g/mol. The number of hydrogen-bond acceptors (Lipinski definition) is 3. The van der Waals surface area contributed by atoms with Gasteiger partial charge in [0.1, 0.15) is 6.04 Å². The highest BCUT2D eigenvalue weighted by Crippen LogP contribution is 2.33. The van der Waals surface area contributed by atoms with E-state index >= 15 is 0 Å². The minimum absolute atomic E-state index is 0.254. The van der Waals surface area contributed by atoms with Gasteiger partial charge >= 0.3 is 6.18 Å². The predicted molar refractivity (Wildman–Crippen MR) is 72.5 cm³/mol. The van der Waals surface area contributed by atoms with Gasteiger partial charge in [-0.2, -0.15) is 18.4 Å². The number of carbonyl (C=O) groups excluding carboxylic acids is 1. The second-order valence-electron chi connectivity index (χ2n) is 4.53. The summed E-state index contributed by atoms with van der Waals surface area (Å²) < 4.78 is 38.0. The van der Waals surface area contributed by atoms with Gasteiger partial charge in [0.15, 0.2) is 0 Å². The van der Waals surface area contributed by atoms with Crippen molar-refractivity contribution < 1.29 is 18.0 Å². The number of rotatable bonds is 5. The maximum absolute atomic E-state index is 12.7. The van der Waals surface area contributed by atoms with Gasteiger partial charge in [-0.15, -0.1) is 0 Å². The Bertz CT molecular complexity index is 549. The molecule has 0 aliphatic heterocycles. The number of nitrogens with one attached hydrogen (secondary N) is 2. The number of halogens is 3. The number of benzene rings is 1. The van der Waals surface area contributed by atoms with E-state index in [0.717, 1.165) is 18.6 Å². The van der Waals surface area contributed by atoms with E-state index in [1.54, 1.807) is 6.92 Å². The molecule has 0 radical (unpaired) electrons. The molecule has 0 aliphatic carbocycles. The lowest BCUT2D eigenvalue weighted by Gasteiger charge is -2.16. The molecule has 7 heteroatoms. The first-order valence-corrected chi connectivity index (χ1v) is 6.45. The second kappa shape index (κ2) is 6.97. The van der Waals surface area contributed by atoms with Crippen LogP contribution in [0.4, 0.5) is 18.9 Å². The Morgan fingerprint density at radius 1 is 1.43 bits per heavy atom. The minimum atomic E-state index is -4.58. The molecule has 0 aromatic heterocycles. The molecule has 1 rings (SSSR count). The summed E-state index contributed by atoms with van der Waals surface area (Å²) in [7, 11) is 0. The van der Waals surface area contributed by atoms with Gasteiger partial charge in [0.05, 0.1) is 17.2 Å². The van der Waals surface area contributed by atoms with Gasteiger partial charge in [-0.1, -0.05) is 6.92 Å². The summed E-state index contributed by atoms with van der Waals surface area (Å²) in [5, 5.41) is 14.3. The topological polar surface area (TPSA) is 64.9 Å². The van der Waals surface area contributed by atoms with E-state index in [-0.39, 0.29) is 5.91 Å². The zero-order valence-corrected chi connectivity index (χ0v) is 11.7. The number of anilines is 1. The van der Waals surface area contributed by atoms with Crippen LogP contribution in [0.2, 0.25) is 0 Å². The SMILES string of the molecule is CCCNC(=O)C(C)Nc1ccc(C(F)(F)F)c(C#N)c1. The molecular formula is C14H16F3N3O. The molecule has 1 atom stereocenters. The molecule has 1 aromatic rings. The van der Waals surface area contributed by atoms with Crippen LogP contribution in [-0.4, -0.2) is 18.5 Å². The van der Waals surface area contributed by atoms with Crippen molar-refractivity contribution >= 4 is 11.6 Å². The predicted octanol–water partition coefficient (Wildman–Crippen LogP) is 2.90. The Hall–Kier alpha value is -2.23. The molecule has 0 aliphatic rings. The average Bonchev–Trinajstić information content (AvgIpc) is 2.43. The second-order valence-corrected chi connectivity index (χ2v) is 4.53. The summed E-state index contributed by atoms with van der Waals surface area (Å²) in [5.74, 6) is -0.254. The molecular weight excluding hydrogens is 283 g/mol. The summed E-state index contributed by atoms with van der Waals surface area (Å²) in [5.41, 5.74) is -1.17. The molecule has 1 unspecified atom stereocenters. The zero-order chi connectivity index (χ0) is 16.0. The third-order valence-corrected chi connectivity index (χ3v) is 2.77. The molecule has 114 valence electrons. The summed E-state index contributed by atoms with van der Waals surface area (Å²) in [6.07, 6.45) is -3.79. The third-order valence-electron chi connectivity index (χ3n) is 2.77. The molecule has 0 heterocycles. The van der Waals surface area contributed by atoms with Gasteiger partial charge in [-0.3, -0.25) is 4.79 Å². The van der Waals surface area contributed by atoms with Crippen molar-refractivity contribution in [1.82, 2.24) is 5.32 Å². The van der Waals surface area contributed by atoms with Gasteiger partial charge in [-0.05, 0) is 31.5 Å². The largest absolute Gasteiger partial charge is 0.417 e. The number of nitrogens with zero attached hydrogens (tertiary/aromatic N) is 1. The van der Waals surface area contributed by atoms with E-state index in [9.17, 15) is 18.0 Å². The maximum Gasteiger partial charge on any atom is 0.417 e. The van der Waals surface area contributed by atoms with Gasteiger partial charge in [0.2, 0.25) is 5.91 Å². The van der Waals surface area contributed by atoms with Crippen LogP contribution in [0.3, 0.4) is 0 Å². The molecule has 2 N–H and O–H groups in total. The Kier molecular flexibility index (Phi) is 5.59. The van der Waals surface area contributed by atoms with Gasteiger partial charge in [0.25, 0.3) is 0 Å². The van der Waals surface area contributed by atoms with Gasteiger partial charge in [-0.25, -0.2) is 0 Å². The summed E-state index contributed by atoms with van der Waals surface area (Å²) >= 11 is 0. The van der Waals surface area contributed by atoms with Gasteiger partial charge < -0.3 is 10.6 Å². The lowest BCUT2D eigenvalue weighted by Crippen LogP contribution is -2.37. The number of nitriles is 1. The van der Waals surface area contributed by atoms with Crippen molar-refractivity contribution in [1.29, 1.82) is 5.26 Å². The highest BCUT2D eigenvalue weighted by Gasteiger charge is 2.33. The summed E-state index contributed by atoms with van der Waals surface area (Å²) in [4.78, 5) is 11.7. The normalized spacial score (nSPS) is 12.4. The van der Waals surface area contributed by atoms with E-state index in [1.807, 2.05) is 6.92 Å². The van der Waals surface area contributed by atoms with Crippen LogP contribution >= 0.6 is 0 Å². The molecule has 1 amide bonds. The van der Waals surface area contributed by atoms with Crippen LogP contribution in [0.25, 0.3) is 0 Å². The van der Waals surface area contributed by atoms with Crippen LogP contribution in [0.5, 0.6) is 0 Å². The van der Waals surface area contributed by atoms with Crippen LogP contribution in [0.15, 0.2) is 18.2 Å². The Labute approximate surface area is 121 Å². The molecule has 0 saturated heterocycles. The number of carbonyl (C=O) groups is 1. The van der Waals surface area contributed by atoms with E-state index in [4.69, 9.17) is 5.26 Å². The van der Waals surface area contributed by atoms with Crippen molar-refractivity contribution in [3.05, 3.63) is 29.3 Å². The summed E-state index contributed by atoms with van der Waals surface area (Å²) in [6.45, 7) is 4.03. The quantitative estimate of drug-likeness (QED) is 0.878. The van der Waals surface area contributed by atoms with Crippen LogP contribution in [0.1, 0.15) is 31.4 Å². The number of alkyl halides is 3. The fraction of sp³-hybridized carbons (Fsp3) is 0.429. The van der Waals surface area contributed by atoms with Crippen molar-refractivity contribution in [2.24, 2.45) is 0 Å². The molecule has 0 saturated carbocycles. The van der Waals surface area contributed by atoms with E-state index in [0.29, 0.717) is 12.2 Å². The smallest absolute Gasteiger partial charge is 0.374 e. The van der Waals surface area contributed by atoms with Crippen LogP contribution in [-0.2, 0) is 11.0 Å². The number of hydrogen-bond donors (Lipinski definition) is 2. The maximum atomic E-state index is 12.7. The molecule has 1 aromatic carbocycles. The lowest BCUT2D eigenvalue weighted by molar-refractivity contribution is -0.137. The van der Waals surface area contributed by atoms with Crippen molar-refractivity contribution in [3.8, 4) is 6.07 Å². The summed E-state index contributed by atoms with van der Waals surface area (Å²) in [6, 6.07) is 4.03. The lowest BCUT2D eigenvalue weighted by atomic mass is 10.1. The molecule has 0 bridgehead atoms.